The lowest BCUT2D eigenvalue weighted by Crippen LogP contribution is -2.43. The molecular formula is C13H15N3O2S2. The minimum Gasteiger partial charge on any atom is -0.387 e. The van der Waals surface area contributed by atoms with Gasteiger partial charge in [0, 0.05) is 12.3 Å². The van der Waals surface area contributed by atoms with Gasteiger partial charge in [0.2, 0.25) is 0 Å². The number of nitrogens with one attached hydrogen (secondary N) is 2. The van der Waals surface area contributed by atoms with Crippen molar-refractivity contribution in [3.8, 4) is 10.6 Å². The van der Waals surface area contributed by atoms with Crippen molar-refractivity contribution in [2.24, 2.45) is 0 Å². The zero-order chi connectivity index (χ0) is 14.0. The van der Waals surface area contributed by atoms with Crippen LogP contribution in [0.3, 0.4) is 0 Å². The molecule has 7 heteroatoms. The number of thioether (sulfide) groups is 1. The zero-order valence-corrected chi connectivity index (χ0v) is 12.4. The fourth-order valence-electron chi connectivity index (χ4n) is 2.07. The van der Waals surface area contributed by atoms with Crippen LogP contribution in [0.25, 0.3) is 10.6 Å². The second-order valence-electron chi connectivity index (χ2n) is 4.85. The Hall–Kier alpha value is -1.31. The maximum atomic E-state index is 12.0. The molecule has 0 aliphatic carbocycles. The highest BCUT2D eigenvalue weighted by Gasteiger charge is 2.32. The molecule has 1 atom stereocenters. The van der Waals surface area contributed by atoms with Crippen LogP contribution in [0.1, 0.15) is 16.9 Å². The van der Waals surface area contributed by atoms with Crippen LogP contribution in [-0.2, 0) is 0 Å². The monoisotopic (exact) mass is 309 g/mol. The molecule has 0 saturated carbocycles. The summed E-state index contributed by atoms with van der Waals surface area (Å²) in [4.78, 5) is 13.1. The number of nitrogens with zero attached hydrogens (tertiary/aromatic N) is 1. The number of amides is 1. The van der Waals surface area contributed by atoms with E-state index in [4.69, 9.17) is 0 Å². The van der Waals surface area contributed by atoms with E-state index in [2.05, 4.69) is 15.5 Å². The molecule has 1 aliphatic heterocycles. The quantitative estimate of drug-likeness (QED) is 0.804. The molecule has 3 heterocycles. The van der Waals surface area contributed by atoms with E-state index in [1.807, 2.05) is 17.5 Å². The molecule has 3 N–H and O–H groups in total. The van der Waals surface area contributed by atoms with E-state index in [9.17, 15) is 9.90 Å². The van der Waals surface area contributed by atoms with Gasteiger partial charge in [0.1, 0.15) is 0 Å². The third-order valence-corrected chi connectivity index (χ3v) is 5.40. The number of hydrogen-bond acceptors (Lipinski definition) is 5. The summed E-state index contributed by atoms with van der Waals surface area (Å²) in [6.07, 6.45) is 0.721. The highest BCUT2D eigenvalue weighted by molar-refractivity contribution is 7.99. The van der Waals surface area contributed by atoms with E-state index in [-0.39, 0.29) is 12.5 Å². The lowest BCUT2D eigenvalue weighted by atomic mass is 10.0. The van der Waals surface area contributed by atoms with Crippen molar-refractivity contribution in [1.29, 1.82) is 0 Å². The summed E-state index contributed by atoms with van der Waals surface area (Å²) in [6, 6.07) is 5.65. The summed E-state index contributed by atoms with van der Waals surface area (Å²) >= 11 is 3.30. The average Bonchev–Trinajstić information content (AvgIpc) is 3.16. The Balaban J connectivity index is 1.63. The summed E-state index contributed by atoms with van der Waals surface area (Å²) in [5, 5.41) is 21.8. The van der Waals surface area contributed by atoms with E-state index in [1.165, 1.54) is 0 Å². The first-order valence-corrected chi connectivity index (χ1v) is 8.37. The van der Waals surface area contributed by atoms with E-state index in [0.29, 0.717) is 11.4 Å². The highest BCUT2D eigenvalue weighted by atomic mass is 32.2. The predicted octanol–water partition coefficient (Wildman–Crippen LogP) is 1.74. The number of aliphatic hydroxyl groups is 1. The molecule has 5 nitrogen and oxygen atoms in total. The van der Waals surface area contributed by atoms with Crippen molar-refractivity contribution in [3.63, 3.8) is 0 Å². The number of H-pyrrole nitrogens is 1. The Morgan fingerprint density at radius 3 is 3.20 bits per heavy atom. The van der Waals surface area contributed by atoms with Crippen LogP contribution in [-0.4, -0.2) is 44.9 Å². The summed E-state index contributed by atoms with van der Waals surface area (Å²) in [5.41, 5.74) is 0.413. The minimum atomic E-state index is -0.771. The van der Waals surface area contributed by atoms with Gasteiger partial charge in [0.15, 0.2) is 5.69 Å². The van der Waals surface area contributed by atoms with Crippen molar-refractivity contribution >= 4 is 29.0 Å². The predicted molar refractivity (Wildman–Crippen MR) is 81.1 cm³/mol. The Bertz CT molecular complexity index is 589. The normalized spacial score (nSPS) is 22.1. The van der Waals surface area contributed by atoms with Gasteiger partial charge in [0.05, 0.1) is 16.2 Å². The number of carbonyl (C=O) groups excluding carboxylic acids is 1. The lowest BCUT2D eigenvalue weighted by molar-refractivity contribution is 0.0611. The molecule has 1 saturated heterocycles. The number of aromatic amines is 1. The number of carbonyl (C=O) groups is 1. The van der Waals surface area contributed by atoms with Crippen molar-refractivity contribution in [2.75, 3.05) is 18.1 Å². The molecule has 3 rings (SSSR count). The molecular weight excluding hydrogens is 294 g/mol. The number of rotatable bonds is 4. The molecule has 1 aliphatic rings. The summed E-state index contributed by atoms with van der Waals surface area (Å²) in [5.74, 6) is 1.36. The molecule has 106 valence electrons. The molecule has 1 fully saturated rings. The topological polar surface area (TPSA) is 78.0 Å². The van der Waals surface area contributed by atoms with Gasteiger partial charge in [0.25, 0.3) is 5.91 Å². The van der Waals surface area contributed by atoms with Gasteiger partial charge in [-0.25, -0.2) is 0 Å². The summed E-state index contributed by atoms with van der Waals surface area (Å²) in [7, 11) is 0. The first-order valence-electron chi connectivity index (χ1n) is 6.34. The molecule has 0 spiro atoms. The van der Waals surface area contributed by atoms with Crippen LogP contribution in [0.4, 0.5) is 0 Å². The number of hydrogen-bond donors (Lipinski definition) is 3. The molecule has 0 aromatic carbocycles. The third kappa shape index (κ3) is 2.89. The fraction of sp³-hybridized carbons (Fsp3) is 0.385. The van der Waals surface area contributed by atoms with Crippen LogP contribution in [0.2, 0.25) is 0 Å². The van der Waals surface area contributed by atoms with Gasteiger partial charge in [-0.05, 0) is 29.7 Å². The molecule has 0 radical (unpaired) electrons. The average molecular weight is 309 g/mol. The molecule has 0 bridgehead atoms. The molecule has 0 unspecified atom stereocenters. The van der Waals surface area contributed by atoms with E-state index in [1.54, 1.807) is 29.2 Å². The molecule has 1 amide bonds. The van der Waals surface area contributed by atoms with Crippen LogP contribution in [0.5, 0.6) is 0 Å². The van der Waals surface area contributed by atoms with Crippen molar-refractivity contribution in [2.45, 2.75) is 12.0 Å². The van der Waals surface area contributed by atoms with Gasteiger partial charge >= 0.3 is 0 Å². The number of aromatic nitrogens is 2. The molecule has 2 aromatic heterocycles. The third-order valence-electron chi connectivity index (χ3n) is 3.26. The first kappa shape index (κ1) is 13.7. The Morgan fingerprint density at radius 1 is 1.60 bits per heavy atom. The van der Waals surface area contributed by atoms with E-state index < -0.39 is 5.60 Å². The van der Waals surface area contributed by atoms with Crippen molar-refractivity contribution in [1.82, 2.24) is 15.5 Å². The fourth-order valence-corrected chi connectivity index (χ4v) is 4.05. The van der Waals surface area contributed by atoms with Crippen molar-refractivity contribution in [3.05, 3.63) is 29.3 Å². The summed E-state index contributed by atoms with van der Waals surface area (Å²) < 4.78 is 0. The standard InChI is InChI=1S/C13H15N3O2S2/c17-12(14-7-13(18)3-5-19-8-13)10-6-9(15-16-10)11-2-1-4-20-11/h1-2,4,6,18H,3,5,7-8H2,(H,14,17)(H,15,16)/t13-/m1/s1. The highest BCUT2D eigenvalue weighted by Crippen LogP contribution is 2.27. The first-order chi connectivity index (χ1) is 9.66. The SMILES string of the molecule is O=C(NC[C@]1(O)CCSC1)c1cc(-c2cccs2)[nH]n1. The maximum Gasteiger partial charge on any atom is 0.271 e. The largest absolute Gasteiger partial charge is 0.387 e. The van der Waals surface area contributed by atoms with Crippen LogP contribution >= 0.6 is 23.1 Å². The van der Waals surface area contributed by atoms with E-state index in [0.717, 1.165) is 22.7 Å². The second kappa shape index (κ2) is 5.59. The maximum absolute atomic E-state index is 12.0. The van der Waals surface area contributed by atoms with Gasteiger partial charge < -0.3 is 10.4 Å². The van der Waals surface area contributed by atoms with Crippen molar-refractivity contribution < 1.29 is 9.90 Å². The molecule has 2 aromatic rings. The summed E-state index contributed by atoms with van der Waals surface area (Å²) in [6.45, 7) is 0.278. The van der Waals surface area contributed by atoms with Gasteiger partial charge in [-0.1, -0.05) is 6.07 Å². The van der Waals surface area contributed by atoms with Crippen LogP contribution in [0, 0.1) is 0 Å². The lowest BCUT2D eigenvalue weighted by Gasteiger charge is -2.21. The van der Waals surface area contributed by atoms with Crippen LogP contribution in [0.15, 0.2) is 23.6 Å². The molecule has 20 heavy (non-hydrogen) atoms. The Morgan fingerprint density at radius 2 is 2.50 bits per heavy atom. The van der Waals surface area contributed by atoms with Gasteiger partial charge in [-0.2, -0.15) is 16.9 Å². The Kier molecular flexibility index (Phi) is 3.82. The van der Waals surface area contributed by atoms with Gasteiger partial charge in [-0.3, -0.25) is 9.89 Å². The second-order valence-corrected chi connectivity index (χ2v) is 6.91. The number of thiophene rings is 1. The van der Waals surface area contributed by atoms with Gasteiger partial charge in [-0.15, -0.1) is 11.3 Å². The smallest absolute Gasteiger partial charge is 0.271 e. The minimum absolute atomic E-state index is 0.255. The zero-order valence-electron chi connectivity index (χ0n) is 10.8. The Labute approximate surface area is 124 Å². The van der Waals surface area contributed by atoms with E-state index >= 15 is 0 Å². The van der Waals surface area contributed by atoms with Crippen LogP contribution < -0.4 is 5.32 Å².